The minimum Gasteiger partial charge on any atom is -0.368 e. The molecule has 0 spiro atoms. The van der Waals surface area contributed by atoms with Crippen LogP contribution in [-0.4, -0.2) is 41.6 Å². The largest absolute Gasteiger partial charge is 0.368 e. The zero-order valence-electron chi connectivity index (χ0n) is 11.3. The first kappa shape index (κ1) is 12.9. The molecule has 2 N–H and O–H groups in total. The van der Waals surface area contributed by atoms with E-state index in [0.717, 1.165) is 32.0 Å². The second-order valence-electron chi connectivity index (χ2n) is 4.76. The van der Waals surface area contributed by atoms with Crippen LogP contribution in [0, 0.1) is 0 Å². The lowest BCUT2D eigenvalue weighted by molar-refractivity contribution is 0.567. The van der Waals surface area contributed by atoms with Crippen LogP contribution in [0.15, 0.2) is 0 Å². The normalized spacial score (nSPS) is 15.8. The summed E-state index contributed by atoms with van der Waals surface area (Å²) >= 11 is 0. The third kappa shape index (κ3) is 3.00. The number of hydrogen-bond acceptors (Lipinski definition) is 6. The maximum absolute atomic E-state index is 5.78. The lowest BCUT2D eigenvalue weighted by atomic mass is 10.1. The van der Waals surface area contributed by atoms with Gasteiger partial charge in [-0.25, -0.2) is 0 Å². The summed E-state index contributed by atoms with van der Waals surface area (Å²) < 4.78 is 0. The van der Waals surface area contributed by atoms with E-state index in [1.165, 1.54) is 19.3 Å². The topological polar surface area (TPSA) is 71.2 Å². The summed E-state index contributed by atoms with van der Waals surface area (Å²) in [6.45, 7) is 5.08. The van der Waals surface area contributed by atoms with Gasteiger partial charge in [-0.3, -0.25) is 0 Å². The van der Waals surface area contributed by atoms with E-state index in [0.29, 0.717) is 11.9 Å². The number of anilines is 3. The van der Waals surface area contributed by atoms with Gasteiger partial charge in [0, 0.05) is 26.7 Å². The van der Waals surface area contributed by atoms with E-state index in [1.807, 2.05) is 11.9 Å². The van der Waals surface area contributed by atoms with E-state index in [2.05, 4.69) is 26.8 Å². The summed E-state index contributed by atoms with van der Waals surface area (Å²) in [4.78, 5) is 17.2. The molecule has 0 unspecified atom stereocenters. The van der Waals surface area contributed by atoms with Crippen LogP contribution in [0.1, 0.15) is 32.6 Å². The van der Waals surface area contributed by atoms with Gasteiger partial charge in [0.2, 0.25) is 17.8 Å². The van der Waals surface area contributed by atoms with Crippen molar-refractivity contribution in [3.8, 4) is 0 Å². The molecule has 1 fully saturated rings. The quantitative estimate of drug-likeness (QED) is 0.868. The summed E-state index contributed by atoms with van der Waals surface area (Å²) in [7, 11) is 1.98. The van der Waals surface area contributed by atoms with E-state index in [1.54, 1.807) is 0 Å². The van der Waals surface area contributed by atoms with Gasteiger partial charge in [-0.05, 0) is 25.7 Å². The molecule has 0 radical (unpaired) electrons. The van der Waals surface area contributed by atoms with Crippen molar-refractivity contribution in [3.63, 3.8) is 0 Å². The summed E-state index contributed by atoms with van der Waals surface area (Å²) in [6.07, 6.45) is 4.75. The number of nitrogens with zero attached hydrogens (tertiary/aromatic N) is 5. The molecule has 1 saturated heterocycles. The number of aromatic nitrogens is 3. The second-order valence-corrected chi connectivity index (χ2v) is 4.76. The molecule has 0 bridgehead atoms. The first-order valence-electron chi connectivity index (χ1n) is 6.68. The van der Waals surface area contributed by atoms with Crippen LogP contribution in [0.3, 0.4) is 0 Å². The van der Waals surface area contributed by atoms with Gasteiger partial charge in [0.05, 0.1) is 0 Å². The fourth-order valence-electron chi connectivity index (χ4n) is 2.21. The van der Waals surface area contributed by atoms with Crippen LogP contribution in [0.5, 0.6) is 0 Å². The number of rotatable bonds is 4. The van der Waals surface area contributed by atoms with Crippen molar-refractivity contribution in [3.05, 3.63) is 0 Å². The number of nitrogens with two attached hydrogens (primary N) is 1. The average Bonchev–Trinajstić information content (AvgIpc) is 2.39. The highest BCUT2D eigenvalue weighted by Gasteiger charge is 2.16. The van der Waals surface area contributed by atoms with Gasteiger partial charge in [-0.2, -0.15) is 15.0 Å². The molecule has 0 amide bonds. The zero-order valence-corrected chi connectivity index (χ0v) is 11.3. The zero-order chi connectivity index (χ0) is 13.0. The first-order valence-corrected chi connectivity index (χ1v) is 6.68. The third-order valence-electron chi connectivity index (χ3n) is 3.17. The highest BCUT2D eigenvalue weighted by molar-refractivity contribution is 5.43. The molecule has 0 aliphatic carbocycles. The first-order chi connectivity index (χ1) is 8.70. The smallest absolute Gasteiger partial charge is 0.231 e. The van der Waals surface area contributed by atoms with Gasteiger partial charge in [-0.15, -0.1) is 0 Å². The van der Waals surface area contributed by atoms with Crippen molar-refractivity contribution in [1.82, 2.24) is 15.0 Å². The van der Waals surface area contributed by atoms with Crippen molar-refractivity contribution in [2.24, 2.45) is 0 Å². The fraction of sp³-hybridized carbons (Fsp3) is 0.750. The number of hydrogen-bond donors (Lipinski definition) is 1. The molecule has 6 nitrogen and oxygen atoms in total. The number of piperidine rings is 1. The van der Waals surface area contributed by atoms with E-state index >= 15 is 0 Å². The minimum absolute atomic E-state index is 0.309. The predicted octanol–water partition coefficient (Wildman–Crippen LogP) is 1.29. The molecule has 1 aromatic rings. The summed E-state index contributed by atoms with van der Waals surface area (Å²) in [6, 6.07) is 0. The average molecular weight is 250 g/mol. The van der Waals surface area contributed by atoms with Gasteiger partial charge >= 0.3 is 0 Å². The number of nitrogen functional groups attached to an aromatic ring is 1. The molecule has 6 heteroatoms. The Hall–Kier alpha value is -1.59. The highest BCUT2D eigenvalue weighted by atomic mass is 15.3. The van der Waals surface area contributed by atoms with Crippen molar-refractivity contribution >= 4 is 17.8 Å². The van der Waals surface area contributed by atoms with Gasteiger partial charge in [0.1, 0.15) is 0 Å². The monoisotopic (exact) mass is 250 g/mol. The van der Waals surface area contributed by atoms with Crippen LogP contribution < -0.4 is 15.5 Å². The Morgan fingerprint density at radius 3 is 2.56 bits per heavy atom. The molecule has 0 saturated carbocycles. The molecule has 1 aromatic heterocycles. The van der Waals surface area contributed by atoms with Crippen molar-refractivity contribution < 1.29 is 0 Å². The Morgan fingerprint density at radius 1 is 1.17 bits per heavy atom. The summed E-state index contributed by atoms with van der Waals surface area (Å²) in [5, 5.41) is 0. The van der Waals surface area contributed by atoms with E-state index in [-0.39, 0.29) is 0 Å². The molecule has 100 valence electrons. The van der Waals surface area contributed by atoms with Gasteiger partial charge in [0.25, 0.3) is 0 Å². The molecule has 0 aromatic carbocycles. The summed E-state index contributed by atoms with van der Waals surface area (Å²) in [5.41, 5.74) is 5.78. The summed E-state index contributed by atoms with van der Waals surface area (Å²) in [5.74, 6) is 1.70. The van der Waals surface area contributed by atoms with Gasteiger partial charge in [0.15, 0.2) is 0 Å². The fourth-order valence-corrected chi connectivity index (χ4v) is 2.21. The third-order valence-corrected chi connectivity index (χ3v) is 3.17. The van der Waals surface area contributed by atoms with Crippen LogP contribution >= 0.6 is 0 Å². The molecule has 2 heterocycles. The second kappa shape index (κ2) is 5.84. The lowest BCUT2D eigenvalue weighted by Gasteiger charge is -2.27. The molecule has 1 aliphatic rings. The SMILES string of the molecule is CCCN(C)c1nc(N)nc(N2CCCCC2)n1. The molecule has 0 atom stereocenters. The molecular weight excluding hydrogens is 228 g/mol. The lowest BCUT2D eigenvalue weighted by Crippen LogP contribution is -2.32. The van der Waals surface area contributed by atoms with Crippen LogP contribution in [0.4, 0.5) is 17.8 Å². The maximum atomic E-state index is 5.78. The molecule has 2 rings (SSSR count). The van der Waals surface area contributed by atoms with Crippen molar-refractivity contribution in [1.29, 1.82) is 0 Å². The van der Waals surface area contributed by atoms with Crippen LogP contribution in [0.2, 0.25) is 0 Å². The van der Waals surface area contributed by atoms with Gasteiger partial charge in [-0.1, -0.05) is 6.92 Å². The van der Waals surface area contributed by atoms with Crippen molar-refractivity contribution in [2.45, 2.75) is 32.6 Å². The predicted molar refractivity (Wildman–Crippen MR) is 73.9 cm³/mol. The Morgan fingerprint density at radius 2 is 1.89 bits per heavy atom. The van der Waals surface area contributed by atoms with Crippen LogP contribution in [-0.2, 0) is 0 Å². The van der Waals surface area contributed by atoms with Crippen molar-refractivity contribution in [2.75, 3.05) is 42.2 Å². The molecule has 18 heavy (non-hydrogen) atoms. The van der Waals surface area contributed by atoms with E-state index < -0.39 is 0 Å². The minimum atomic E-state index is 0.309. The molecule has 1 aliphatic heterocycles. The Labute approximate surface area is 108 Å². The standard InChI is InChI=1S/C12H22N6/c1-3-7-17(2)11-14-10(13)15-12(16-11)18-8-5-4-6-9-18/h3-9H2,1-2H3,(H2,13,14,15,16). The van der Waals surface area contributed by atoms with Crippen LogP contribution in [0.25, 0.3) is 0 Å². The van der Waals surface area contributed by atoms with E-state index in [4.69, 9.17) is 5.73 Å². The maximum Gasteiger partial charge on any atom is 0.231 e. The van der Waals surface area contributed by atoms with E-state index in [9.17, 15) is 0 Å². The Bertz CT molecular complexity index is 388. The Balaban J connectivity index is 2.19. The Kier molecular flexibility index (Phi) is 4.17. The van der Waals surface area contributed by atoms with Gasteiger partial charge < -0.3 is 15.5 Å². The highest BCUT2D eigenvalue weighted by Crippen LogP contribution is 2.18. The molecular formula is C12H22N6.